The zero-order valence-electron chi connectivity index (χ0n) is 7.35. The highest BCUT2D eigenvalue weighted by molar-refractivity contribution is 5.68. The summed E-state index contributed by atoms with van der Waals surface area (Å²) in [6.07, 6.45) is 2.50. The third kappa shape index (κ3) is 7.33. The zero-order chi connectivity index (χ0) is 8.53. The van der Waals surface area contributed by atoms with Gasteiger partial charge in [0.15, 0.2) is 0 Å². The molecule has 0 aromatic carbocycles. The molecule has 0 unspecified atom stereocenters. The summed E-state index contributed by atoms with van der Waals surface area (Å²) in [6.45, 7) is 4.06. The maximum Gasteiger partial charge on any atom is 0.305 e. The van der Waals surface area contributed by atoms with Crippen LogP contribution in [-0.2, 0) is 9.53 Å². The molecule has 0 aliphatic carbocycles. The molecule has 0 heterocycles. The van der Waals surface area contributed by atoms with Gasteiger partial charge in [0.1, 0.15) is 0 Å². The van der Waals surface area contributed by atoms with E-state index in [-0.39, 0.29) is 5.97 Å². The lowest BCUT2D eigenvalue weighted by Crippen LogP contribution is -2.14. The van der Waals surface area contributed by atoms with E-state index in [1.54, 1.807) is 0 Å². The third-order valence-electron chi connectivity index (χ3n) is 1.46. The van der Waals surface area contributed by atoms with Crippen molar-refractivity contribution in [1.29, 1.82) is 0 Å². The normalized spacial score (nSPS) is 9.64. The SMILES string of the molecule is CCNCCCCC(=O)OC. The minimum absolute atomic E-state index is 0.110. The van der Waals surface area contributed by atoms with Crippen molar-refractivity contribution in [2.24, 2.45) is 0 Å². The van der Waals surface area contributed by atoms with Gasteiger partial charge in [-0.05, 0) is 25.9 Å². The van der Waals surface area contributed by atoms with Gasteiger partial charge in [0, 0.05) is 6.42 Å². The first kappa shape index (κ1) is 10.4. The first-order chi connectivity index (χ1) is 5.31. The Morgan fingerprint density at radius 1 is 1.45 bits per heavy atom. The molecule has 0 saturated carbocycles. The van der Waals surface area contributed by atoms with Gasteiger partial charge in [0.25, 0.3) is 0 Å². The Bertz CT molecular complexity index is 104. The van der Waals surface area contributed by atoms with E-state index in [9.17, 15) is 4.79 Å². The van der Waals surface area contributed by atoms with Crippen molar-refractivity contribution < 1.29 is 9.53 Å². The maximum atomic E-state index is 10.6. The molecule has 0 amide bonds. The predicted molar refractivity (Wildman–Crippen MR) is 44.4 cm³/mol. The summed E-state index contributed by atoms with van der Waals surface area (Å²) in [5.41, 5.74) is 0. The average molecular weight is 159 g/mol. The average Bonchev–Trinajstić information content (AvgIpc) is 2.04. The van der Waals surface area contributed by atoms with Crippen molar-refractivity contribution in [2.75, 3.05) is 20.2 Å². The molecule has 0 rings (SSSR count). The van der Waals surface area contributed by atoms with Gasteiger partial charge in [-0.1, -0.05) is 6.92 Å². The molecule has 3 nitrogen and oxygen atoms in total. The Hall–Kier alpha value is -0.570. The summed E-state index contributed by atoms with van der Waals surface area (Å²) in [5.74, 6) is -0.110. The number of methoxy groups -OCH3 is 1. The van der Waals surface area contributed by atoms with E-state index in [0.717, 1.165) is 25.9 Å². The second-order valence-electron chi connectivity index (χ2n) is 2.39. The Labute approximate surface area is 68.1 Å². The number of esters is 1. The topological polar surface area (TPSA) is 38.3 Å². The summed E-state index contributed by atoms with van der Waals surface area (Å²) in [6, 6.07) is 0. The summed E-state index contributed by atoms with van der Waals surface area (Å²) >= 11 is 0. The van der Waals surface area contributed by atoms with Gasteiger partial charge >= 0.3 is 5.97 Å². The van der Waals surface area contributed by atoms with Gasteiger partial charge in [-0.3, -0.25) is 4.79 Å². The summed E-state index contributed by atoms with van der Waals surface area (Å²) in [4.78, 5) is 10.6. The van der Waals surface area contributed by atoms with E-state index in [1.165, 1.54) is 7.11 Å². The van der Waals surface area contributed by atoms with Crippen molar-refractivity contribution in [3.8, 4) is 0 Å². The minimum Gasteiger partial charge on any atom is -0.469 e. The van der Waals surface area contributed by atoms with Crippen LogP contribution >= 0.6 is 0 Å². The van der Waals surface area contributed by atoms with Crippen LogP contribution in [0, 0.1) is 0 Å². The molecule has 3 heteroatoms. The fourth-order valence-electron chi connectivity index (χ4n) is 0.798. The molecular formula is C8H17NO2. The second kappa shape index (κ2) is 7.54. The highest BCUT2D eigenvalue weighted by Gasteiger charge is 1.97. The van der Waals surface area contributed by atoms with Gasteiger partial charge < -0.3 is 10.1 Å². The molecule has 0 saturated heterocycles. The Balaban J connectivity index is 2.95. The number of carbonyl (C=O) groups excluding carboxylic acids is 1. The number of unbranched alkanes of at least 4 members (excludes halogenated alkanes) is 1. The summed E-state index contributed by atoms with van der Waals surface area (Å²) < 4.78 is 4.50. The highest BCUT2D eigenvalue weighted by Crippen LogP contribution is 1.95. The van der Waals surface area contributed by atoms with Crippen LogP contribution in [0.5, 0.6) is 0 Å². The Morgan fingerprint density at radius 3 is 2.73 bits per heavy atom. The first-order valence-electron chi connectivity index (χ1n) is 4.08. The van der Waals surface area contributed by atoms with Crippen molar-refractivity contribution in [2.45, 2.75) is 26.2 Å². The smallest absolute Gasteiger partial charge is 0.305 e. The quantitative estimate of drug-likeness (QED) is 0.463. The van der Waals surface area contributed by atoms with Crippen molar-refractivity contribution >= 4 is 5.97 Å². The number of hydrogen-bond acceptors (Lipinski definition) is 3. The number of carbonyl (C=O) groups is 1. The van der Waals surface area contributed by atoms with Crippen molar-refractivity contribution in [3.05, 3.63) is 0 Å². The first-order valence-corrected chi connectivity index (χ1v) is 4.08. The fourth-order valence-corrected chi connectivity index (χ4v) is 0.798. The van der Waals surface area contributed by atoms with Crippen LogP contribution < -0.4 is 5.32 Å². The van der Waals surface area contributed by atoms with Crippen LogP contribution in [0.3, 0.4) is 0 Å². The van der Waals surface area contributed by atoms with Crippen LogP contribution in [0.15, 0.2) is 0 Å². The van der Waals surface area contributed by atoms with Gasteiger partial charge in [-0.15, -0.1) is 0 Å². The van der Waals surface area contributed by atoms with Crippen molar-refractivity contribution in [3.63, 3.8) is 0 Å². The molecule has 0 bridgehead atoms. The number of nitrogens with one attached hydrogen (secondary N) is 1. The molecule has 0 atom stereocenters. The lowest BCUT2D eigenvalue weighted by molar-refractivity contribution is -0.140. The lowest BCUT2D eigenvalue weighted by Gasteiger charge is -2.00. The zero-order valence-corrected chi connectivity index (χ0v) is 7.35. The summed E-state index contributed by atoms with van der Waals surface area (Å²) in [7, 11) is 1.42. The van der Waals surface area contributed by atoms with Gasteiger partial charge in [0.2, 0.25) is 0 Å². The fraction of sp³-hybridized carbons (Fsp3) is 0.875. The molecule has 0 spiro atoms. The van der Waals surface area contributed by atoms with Gasteiger partial charge in [-0.2, -0.15) is 0 Å². The monoisotopic (exact) mass is 159 g/mol. The predicted octanol–water partition coefficient (Wildman–Crippen LogP) is 0.939. The van der Waals surface area contributed by atoms with Crippen LogP contribution in [0.2, 0.25) is 0 Å². The Kier molecular flexibility index (Phi) is 7.15. The Morgan fingerprint density at radius 2 is 2.18 bits per heavy atom. The molecule has 66 valence electrons. The summed E-state index contributed by atoms with van der Waals surface area (Å²) in [5, 5.41) is 3.19. The molecule has 0 aliphatic heterocycles. The molecular weight excluding hydrogens is 142 g/mol. The van der Waals surface area contributed by atoms with E-state index < -0.39 is 0 Å². The van der Waals surface area contributed by atoms with Crippen molar-refractivity contribution in [1.82, 2.24) is 5.32 Å². The molecule has 0 aromatic rings. The second-order valence-corrected chi connectivity index (χ2v) is 2.39. The number of hydrogen-bond donors (Lipinski definition) is 1. The van der Waals surface area contributed by atoms with Gasteiger partial charge in [0.05, 0.1) is 7.11 Å². The van der Waals surface area contributed by atoms with E-state index in [1.807, 2.05) is 0 Å². The van der Waals surface area contributed by atoms with Crippen LogP contribution in [0.1, 0.15) is 26.2 Å². The molecule has 0 fully saturated rings. The molecule has 11 heavy (non-hydrogen) atoms. The largest absolute Gasteiger partial charge is 0.469 e. The minimum atomic E-state index is -0.110. The highest BCUT2D eigenvalue weighted by atomic mass is 16.5. The van der Waals surface area contributed by atoms with E-state index in [2.05, 4.69) is 17.0 Å². The number of rotatable bonds is 6. The standard InChI is InChI=1S/C8H17NO2/c1-3-9-7-5-4-6-8(10)11-2/h9H,3-7H2,1-2H3. The molecule has 1 N–H and O–H groups in total. The van der Waals surface area contributed by atoms with Gasteiger partial charge in [-0.25, -0.2) is 0 Å². The van der Waals surface area contributed by atoms with Crippen LogP contribution in [-0.4, -0.2) is 26.2 Å². The number of ether oxygens (including phenoxy) is 1. The van der Waals surface area contributed by atoms with Crippen LogP contribution in [0.4, 0.5) is 0 Å². The lowest BCUT2D eigenvalue weighted by atomic mass is 10.2. The van der Waals surface area contributed by atoms with E-state index in [4.69, 9.17) is 0 Å². The maximum absolute atomic E-state index is 10.6. The molecule has 0 aromatic heterocycles. The van der Waals surface area contributed by atoms with Crippen LogP contribution in [0.25, 0.3) is 0 Å². The third-order valence-corrected chi connectivity index (χ3v) is 1.46. The van der Waals surface area contributed by atoms with E-state index >= 15 is 0 Å². The van der Waals surface area contributed by atoms with E-state index in [0.29, 0.717) is 6.42 Å². The molecule has 0 aliphatic rings. The molecule has 0 radical (unpaired) electrons.